The van der Waals surface area contributed by atoms with Crippen molar-refractivity contribution in [2.24, 2.45) is 0 Å². The van der Waals surface area contributed by atoms with Crippen molar-refractivity contribution in [2.45, 2.75) is 31.0 Å². The lowest BCUT2D eigenvalue weighted by Gasteiger charge is -2.15. The average Bonchev–Trinajstić information content (AvgIpc) is 2.51. The Morgan fingerprint density at radius 2 is 1.84 bits per heavy atom. The van der Waals surface area contributed by atoms with Crippen LogP contribution >= 0.6 is 11.8 Å². The van der Waals surface area contributed by atoms with Crippen molar-refractivity contribution < 1.29 is 18.5 Å². The van der Waals surface area contributed by atoms with Gasteiger partial charge in [0.1, 0.15) is 6.54 Å². The maximum Gasteiger partial charge on any atom is 0.288 e. The molecule has 3 nitrogen and oxygen atoms in total. The van der Waals surface area contributed by atoms with Crippen LogP contribution in [0.4, 0.5) is 14.5 Å². The Hall–Kier alpha value is -1.92. The summed E-state index contributed by atoms with van der Waals surface area (Å²) in [5, 5.41) is 2.81. The van der Waals surface area contributed by atoms with Gasteiger partial charge in [0.05, 0.1) is 7.05 Å². The number of halogens is 2. The predicted molar refractivity (Wildman–Crippen MR) is 98.3 cm³/mol. The second kappa shape index (κ2) is 8.97. The van der Waals surface area contributed by atoms with Gasteiger partial charge in [-0.1, -0.05) is 35.5 Å². The van der Waals surface area contributed by atoms with Crippen LogP contribution < -0.4 is 10.2 Å². The summed E-state index contributed by atoms with van der Waals surface area (Å²) >= 11 is 0.490. The van der Waals surface area contributed by atoms with Crippen LogP contribution in [0.2, 0.25) is 0 Å². The molecule has 0 saturated carbocycles. The minimum Gasteiger partial charge on any atom is -0.326 e. The molecule has 1 unspecified atom stereocenters. The fraction of sp³-hybridized carbons (Fsp3) is 0.316. The van der Waals surface area contributed by atoms with Crippen LogP contribution in [0.25, 0.3) is 0 Å². The number of aryl methyl sites for hydroxylation is 2. The third-order valence-electron chi connectivity index (χ3n) is 3.82. The van der Waals surface area contributed by atoms with Gasteiger partial charge in [0, 0.05) is 16.1 Å². The maximum atomic E-state index is 12.3. The molecule has 6 heteroatoms. The van der Waals surface area contributed by atoms with E-state index in [0.29, 0.717) is 28.9 Å². The lowest BCUT2D eigenvalue weighted by Crippen LogP contribution is -3.08. The Balaban J connectivity index is 1.86. The Morgan fingerprint density at radius 3 is 2.44 bits per heavy atom. The zero-order chi connectivity index (χ0) is 18.4. The zero-order valence-electron chi connectivity index (χ0n) is 14.6. The van der Waals surface area contributed by atoms with Crippen LogP contribution in [0.1, 0.15) is 16.7 Å². The first-order valence-corrected chi connectivity index (χ1v) is 8.93. The van der Waals surface area contributed by atoms with Gasteiger partial charge in [-0.3, -0.25) is 4.79 Å². The van der Waals surface area contributed by atoms with Crippen LogP contribution in [0.3, 0.4) is 0 Å². The first-order valence-electron chi connectivity index (χ1n) is 8.05. The molecule has 2 N–H and O–H groups in total. The second-order valence-electron chi connectivity index (χ2n) is 6.19. The highest BCUT2D eigenvalue weighted by molar-refractivity contribution is 7.99. The van der Waals surface area contributed by atoms with Crippen LogP contribution in [0.15, 0.2) is 47.4 Å². The Bertz CT molecular complexity index is 720. The molecule has 0 spiro atoms. The smallest absolute Gasteiger partial charge is 0.288 e. The fourth-order valence-electron chi connectivity index (χ4n) is 2.63. The number of quaternary nitrogens is 1. The number of alkyl halides is 2. The summed E-state index contributed by atoms with van der Waals surface area (Å²) in [6.45, 7) is 5.24. The van der Waals surface area contributed by atoms with Crippen molar-refractivity contribution in [1.82, 2.24) is 0 Å². The number of likely N-dealkylation sites (N-methyl/N-ethyl adjacent to an activating group) is 1. The van der Waals surface area contributed by atoms with Gasteiger partial charge >= 0.3 is 0 Å². The molecule has 1 amide bonds. The van der Waals surface area contributed by atoms with Gasteiger partial charge in [-0.2, -0.15) is 8.78 Å². The standard InChI is InChI=1S/C19H22F2N2OS/c1-13-4-5-15(14(2)10-13)11-23(3)12-18(24)22-16-6-8-17(9-7-16)25-19(20)21/h4-10,19H,11-12H2,1-3H3,(H,22,24)/p+1. The number of benzene rings is 2. The van der Waals surface area contributed by atoms with Gasteiger partial charge in [-0.25, -0.2) is 0 Å². The van der Waals surface area contributed by atoms with Gasteiger partial charge in [-0.05, 0) is 43.7 Å². The molecule has 0 fully saturated rings. The normalized spacial score (nSPS) is 12.2. The third-order valence-corrected chi connectivity index (χ3v) is 4.54. The summed E-state index contributed by atoms with van der Waals surface area (Å²) < 4.78 is 24.6. The van der Waals surface area contributed by atoms with Crippen LogP contribution in [0, 0.1) is 13.8 Å². The summed E-state index contributed by atoms with van der Waals surface area (Å²) in [4.78, 5) is 13.7. The number of carbonyl (C=O) groups excluding carboxylic acids is 1. The highest BCUT2D eigenvalue weighted by Gasteiger charge is 2.12. The molecule has 2 aromatic rings. The summed E-state index contributed by atoms with van der Waals surface area (Å²) in [7, 11) is 1.97. The molecular weight excluding hydrogens is 342 g/mol. The van der Waals surface area contributed by atoms with Crippen molar-refractivity contribution in [3.05, 3.63) is 59.2 Å². The molecule has 0 bridgehead atoms. The first kappa shape index (κ1) is 19.4. The van der Waals surface area contributed by atoms with Gasteiger partial charge in [0.25, 0.3) is 11.7 Å². The van der Waals surface area contributed by atoms with Gasteiger partial charge in [0.15, 0.2) is 6.54 Å². The van der Waals surface area contributed by atoms with Crippen molar-refractivity contribution in [3.63, 3.8) is 0 Å². The van der Waals surface area contributed by atoms with Crippen LogP contribution in [-0.4, -0.2) is 25.3 Å². The van der Waals surface area contributed by atoms with Crippen molar-refractivity contribution in [2.75, 3.05) is 18.9 Å². The number of hydrogen-bond acceptors (Lipinski definition) is 2. The van der Waals surface area contributed by atoms with Gasteiger partial charge < -0.3 is 10.2 Å². The molecule has 0 aliphatic carbocycles. The number of nitrogens with one attached hydrogen (secondary N) is 2. The van der Waals surface area contributed by atoms with Crippen molar-refractivity contribution >= 4 is 23.4 Å². The molecule has 0 radical (unpaired) electrons. The molecule has 134 valence electrons. The molecule has 0 aromatic heterocycles. The highest BCUT2D eigenvalue weighted by Crippen LogP contribution is 2.26. The summed E-state index contributed by atoms with van der Waals surface area (Å²) in [6.07, 6.45) is 0. The second-order valence-corrected chi connectivity index (χ2v) is 7.26. The molecule has 0 saturated heterocycles. The monoisotopic (exact) mass is 365 g/mol. The molecule has 0 aliphatic heterocycles. The predicted octanol–water partition coefficient (Wildman–Crippen LogP) is 3.27. The summed E-state index contributed by atoms with van der Waals surface area (Å²) in [5.74, 6) is -2.54. The Labute approximate surface area is 151 Å². The van der Waals surface area contributed by atoms with E-state index >= 15 is 0 Å². The molecule has 0 heterocycles. The molecule has 1 atom stereocenters. The van der Waals surface area contributed by atoms with E-state index < -0.39 is 5.76 Å². The minimum absolute atomic E-state index is 0.100. The number of rotatable bonds is 7. The summed E-state index contributed by atoms with van der Waals surface area (Å²) in [5.41, 5.74) is 4.30. The first-order chi connectivity index (χ1) is 11.8. The third kappa shape index (κ3) is 6.48. The van der Waals surface area contributed by atoms with Crippen LogP contribution in [0.5, 0.6) is 0 Å². The fourth-order valence-corrected chi connectivity index (χ4v) is 3.13. The number of carbonyl (C=O) groups is 1. The lowest BCUT2D eigenvalue weighted by molar-refractivity contribution is -0.885. The molecule has 25 heavy (non-hydrogen) atoms. The van der Waals surface area contributed by atoms with Gasteiger partial charge in [-0.15, -0.1) is 0 Å². The lowest BCUT2D eigenvalue weighted by atomic mass is 10.1. The van der Waals surface area contributed by atoms with E-state index in [9.17, 15) is 13.6 Å². The van der Waals surface area contributed by atoms with E-state index in [1.807, 2.05) is 7.05 Å². The number of anilines is 1. The minimum atomic E-state index is -2.44. The van der Waals surface area contributed by atoms with E-state index in [4.69, 9.17) is 0 Å². The quantitative estimate of drug-likeness (QED) is 0.739. The van der Waals surface area contributed by atoms with E-state index in [-0.39, 0.29) is 5.91 Å². The molecule has 2 rings (SSSR count). The van der Waals surface area contributed by atoms with E-state index in [0.717, 1.165) is 11.4 Å². The molecule has 2 aromatic carbocycles. The van der Waals surface area contributed by atoms with Crippen LogP contribution in [-0.2, 0) is 11.3 Å². The zero-order valence-corrected chi connectivity index (χ0v) is 15.4. The van der Waals surface area contributed by atoms with Gasteiger partial charge in [0.2, 0.25) is 0 Å². The molecule has 0 aliphatic rings. The van der Waals surface area contributed by atoms with Crippen molar-refractivity contribution in [1.29, 1.82) is 0 Å². The number of thioether (sulfide) groups is 1. The largest absolute Gasteiger partial charge is 0.326 e. The van der Waals surface area contributed by atoms with E-state index in [1.54, 1.807) is 24.3 Å². The SMILES string of the molecule is Cc1ccc(C[NH+](C)CC(=O)Nc2ccc(SC(F)F)cc2)c(C)c1. The summed E-state index contributed by atoms with van der Waals surface area (Å²) in [6, 6.07) is 12.8. The highest BCUT2D eigenvalue weighted by atomic mass is 32.2. The van der Waals surface area contributed by atoms with E-state index in [1.165, 1.54) is 16.7 Å². The average molecular weight is 365 g/mol. The number of amides is 1. The molecular formula is C19H23F2N2OS+. The Kier molecular flexibility index (Phi) is 6.96. The van der Waals surface area contributed by atoms with Crippen molar-refractivity contribution in [3.8, 4) is 0 Å². The number of hydrogen-bond donors (Lipinski definition) is 2. The topological polar surface area (TPSA) is 33.5 Å². The Morgan fingerprint density at radius 1 is 1.16 bits per heavy atom. The van der Waals surface area contributed by atoms with E-state index in [2.05, 4.69) is 37.4 Å². The maximum absolute atomic E-state index is 12.3.